The van der Waals surface area contributed by atoms with Gasteiger partial charge in [0.15, 0.2) is 0 Å². The Morgan fingerprint density at radius 1 is 1.36 bits per heavy atom. The Labute approximate surface area is 86.6 Å². The summed E-state index contributed by atoms with van der Waals surface area (Å²) in [5.41, 5.74) is 5.36. The molecule has 0 aromatic heterocycles. The predicted molar refractivity (Wildman–Crippen MR) is 57.9 cm³/mol. The van der Waals surface area contributed by atoms with E-state index in [1.165, 1.54) is 6.42 Å². The lowest BCUT2D eigenvalue weighted by Crippen LogP contribution is -2.54. The van der Waals surface area contributed by atoms with E-state index in [-0.39, 0.29) is 5.91 Å². The number of carbonyl (C=O) groups is 1. The Kier molecular flexibility index (Phi) is 3.93. The third kappa shape index (κ3) is 2.71. The van der Waals surface area contributed by atoms with E-state index in [1.54, 1.807) is 0 Å². The number of rotatable bonds is 3. The Morgan fingerprint density at radius 2 is 1.93 bits per heavy atom. The van der Waals surface area contributed by atoms with Crippen molar-refractivity contribution in [3.05, 3.63) is 0 Å². The number of nitrogens with zero attached hydrogens (tertiary/aromatic N) is 1. The lowest BCUT2D eigenvalue weighted by atomic mass is 9.94. The van der Waals surface area contributed by atoms with Crippen LogP contribution in [0.3, 0.4) is 0 Å². The van der Waals surface area contributed by atoms with E-state index in [0.717, 1.165) is 38.8 Å². The smallest absolute Gasteiger partial charge is 0.242 e. The van der Waals surface area contributed by atoms with Crippen molar-refractivity contribution in [3.8, 4) is 0 Å². The summed E-state index contributed by atoms with van der Waals surface area (Å²) in [5, 5.41) is 0. The molecule has 0 aromatic carbocycles. The average molecular weight is 198 g/mol. The van der Waals surface area contributed by atoms with Crippen LogP contribution in [-0.2, 0) is 4.79 Å². The number of amides is 1. The maximum Gasteiger partial charge on any atom is 0.242 e. The molecule has 1 aliphatic heterocycles. The highest BCUT2D eigenvalue weighted by atomic mass is 16.2. The molecule has 1 fully saturated rings. The van der Waals surface area contributed by atoms with Crippen molar-refractivity contribution in [1.29, 1.82) is 0 Å². The zero-order valence-corrected chi connectivity index (χ0v) is 9.38. The summed E-state index contributed by atoms with van der Waals surface area (Å²) >= 11 is 0. The van der Waals surface area contributed by atoms with E-state index in [0.29, 0.717) is 0 Å². The average Bonchev–Trinajstić information content (AvgIpc) is 2.18. The van der Waals surface area contributed by atoms with Crippen LogP contribution >= 0.6 is 0 Å². The van der Waals surface area contributed by atoms with Crippen LogP contribution in [0.15, 0.2) is 0 Å². The molecule has 1 rings (SSSR count). The lowest BCUT2D eigenvalue weighted by molar-refractivity contribution is -0.137. The van der Waals surface area contributed by atoms with Gasteiger partial charge in [0.1, 0.15) is 0 Å². The standard InChI is InChI=1S/C11H22N2O/c1-3-7-11(2,12)10(14)13-8-5-4-6-9-13/h3-9,12H2,1-2H3. The first kappa shape index (κ1) is 11.5. The van der Waals surface area contributed by atoms with Crippen LogP contribution in [0, 0.1) is 0 Å². The van der Waals surface area contributed by atoms with Gasteiger partial charge in [-0.2, -0.15) is 0 Å². The Morgan fingerprint density at radius 3 is 2.43 bits per heavy atom. The van der Waals surface area contributed by atoms with Crippen LogP contribution < -0.4 is 5.73 Å². The largest absolute Gasteiger partial charge is 0.341 e. The van der Waals surface area contributed by atoms with Gasteiger partial charge < -0.3 is 10.6 Å². The number of hydrogen-bond donors (Lipinski definition) is 1. The molecule has 1 saturated heterocycles. The number of likely N-dealkylation sites (tertiary alicyclic amines) is 1. The molecule has 14 heavy (non-hydrogen) atoms. The molecular formula is C11H22N2O. The molecule has 0 bridgehead atoms. The number of hydrogen-bond acceptors (Lipinski definition) is 2. The van der Waals surface area contributed by atoms with Crippen molar-refractivity contribution in [3.63, 3.8) is 0 Å². The minimum absolute atomic E-state index is 0.138. The fraction of sp³-hybridized carbons (Fsp3) is 0.909. The summed E-state index contributed by atoms with van der Waals surface area (Å²) in [6.45, 7) is 5.71. The normalized spacial score (nSPS) is 21.8. The number of nitrogens with two attached hydrogens (primary N) is 1. The van der Waals surface area contributed by atoms with Crippen LogP contribution in [0.25, 0.3) is 0 Å². The van der Waals surface area contributed by atoms with Crippen molar-refractivity contribution < 1.29 is 4.79 Å². The van der Waals surface area contributed by atoms with Crippen LogP contribution in [0.4, 0.5) is 0 Å². The fourth-order valence-corrected chi connectivity index (χ4v) is 2.08. The molecule has 1 heterocycles. The summed E-state index contributed by atoms with van der Waals surface area (Å²) in [4.78, 5) is 13.9. The highest BCUT2D eigenvalue weighted by Gasteiger charge is 2.32. The topological polar surface area (TPSA) is 46.3 Å². The van der Waals surface area contributed by atoms with E-state index in [4.69, 9.17) is 5.73 Å². The molecule has 1 unspecified atom stereocenters. The monoisotopic (exact) mass is 198 g/mol. The van der Waals surface area contributed by atoms with Crippen molar-refractivity contribution in [2.75, 3.05) is 13.1 Å². The molecule has 3 nitrogen and oxygen atoms in total. The number of piperidine rings is 1. The molecular weight excluding hydrogens is 176 g/mol. The highest BCUT2D eigenvalue weighted by Crippen LogP contribution is 2.16. The summed E-state index contributed by atoms with van der Waals surface area (Å²) in [7, 11) is 0. The summed E-state index contributed by atoms with van der Waals surface area (Å²) in [5.74, 6) is 0.138. The van der Waals surface area contributed by atoms with Gasteiger partial charge in [0.25, 0.3) is 0 Å². The van der Waals surface area contributed by atoms with Crippen LogP contribution in [0.5, 0.6) is 0 Å². The van der Waals surface area contributed by atoms with Gasteiger partial charge >= 0.3 is 0 Å². The minimum Gasteiger partial charge on any atom is -0.341 e. The van der Waals surface area contributed by atoms with E-state index >= 15 is 0 Å². The first-order valence-electron chi connectivity index (χ1n) is 5.66. The molecule has 0 saturated carbocycles. The summed E-state index contributed by atoms with van der Waals surface area (Å²) in [6, 6.07) is 0. The van der Waals surface area contributed by atoms with Crippen LogP contribution in [0.2, 0.25) is 0 Å². The quantitative estimate of drug-likeness (QED) is 0.747. The second-order valence-corrected chi connectivity index (χ2v) is 4.52. The predicted octanol–water partition coefficient (Wildman–Crippen LogP) is 1.52. The maximum absolute atomic E-state index is 12.0. The highest BCUT2D eigenvalue weighted by molar-refractivity contribution is 5.85. The zero-order valence-electron chi connectivity index (χ0n) is 9.38. The second-order valence-electron chi connectivity index (χ2n) is 4.52. The van der Waals surface area contributed by atoms with E-state index in [2.05, 4.69) is 6.92 Å². The molecule has 2 N–H and O–H groups in total. The Balaban J connectivity index is 2.53. The van der Waals surface area contributed by atoms with Gasteiger partial charge in [-0.05, 0) is 32.6 Å². The second kappa shape index (κ2) is 4.78. The third-order valence-corrected chi connectivity index (χ3v) is 2.90. The summed E-state index contributed by atoms with van der Waals surface area (Å²) in [6.07, 6.45) is 5.26. The van der Waals surface area contributed by atoms with Gasteiger partial charge in [-0.15, -0.1) is 0 Å². The van der Waals surface area contributed by atoms with Crippen molar-refractivity contribution in [2.24, 2.45) is 5.73 Å². The molecule has 1 amide bonds. The lowest BCUT2D eigenvalue weighted by Gasteiger charge is -2.34. The van der Waals surface area contributed by atoms with Gasteiger partial charge in [0, 0.05) is 13.1 Å². The van der Waals surface area contributed by atoms with E-state index < -0.39 is 5.54 Å². The molecule has 1 aliphatic rings. The van der Waals surface area contributed by atoms with Crippen LogP contribution in [-0.4, -0.2) is 29.4 Å². The van der Waals surface area contributed by atoms with Gasteiger partial charge in [-0.1, -0.05) is 13.3 Å². The first-order chi connectivity index (χ1) is 6.58. The van der Waals surface area contributed by atoms with Gasteiger partial charge in [0.05, 0.1) is 5.54 Å². The maximum atomic E-state index is 12.0. The molecule has 0 aliphatic carbocycles. The van der Waals surface area contributed by atoms with Crippen molar-refractivity contribution >= 4 is 5.91 Å². The Hall–Kier alpha value is -0.570. The SMILES string of the molecule is CCCC(C)(N)C(=O)N1CCCCC1. The molecule has 0 spiro atoms. The summed E-state index contributed by atoms with van der Waals surface area (Å²) < 4.78 is 0. The van der Waals surface area contributed by atoms with Gasteiger partial charge in [0.2, 0.25) is 5.91 Å². The van der Waals surface area contributed by atoms with E-state index in [1.807, 2.05) is 11.8 Å². The molecule has 3 heteroatoms. The third-order valence-electron chi connectivity index (χ3n) is 2.90. The molecule has 82 valence electrons. The van der Waals surface area contributed by atoms with Gasteiger partial charge in [-0.3, -0.25) is 4.79 Å². The number of carbonyl (C=O) groups excluding carboxylic acids is 1. The van der Waals surface area contributed by atoms with Crippen molar-refractivity contribution in [2.45, 2.75) is 51.5 Å². The Bertz CT molecular complexity index is 195. The minimum atomic E-state index is -0.647. The molecule has 0 aromatic rings. The molecule has 1 atom stereocenters. The molecule has 0 radical (unpaired) electrons. The van der Waals surface area contributed by atoms with Crippen molar-refractivity contribution in [1.82, 2.24) is 4.90 Å². The first-order valence-corrected chi connectivity index (χ1v) is 5.66. The fourth-order valence-electron chi connectivity index (χ4n) is 2.08. The van der Waals surface area contributed by atoms with E-state index in [9.17, 15) is 4.79 Å². The zero-order chi connectivity index (χ0) is 10.6. The van der Waals surface area contributed by atoms with Crippen LogP contribution in [0.1, 0.15) is 46.0 Å². The van der Waals surface area contributed by atoms with Gasteiger partial charge in [-0.25, -0.2) is 0 Å².